The second kappa shape index (κ2) is 6.37. The van der Waals surface area contributed by atoms with Crippen LogP contribution >= 0.6 is 0 Å². The monoisotopic (exact) mass is 345 g/mol. The summed E-state index contributed by atoms with van der Waals surface area (Å²) in [6, 6.07) is 20.4. The number of hydrogen-bond acceptors (Lipinski definition) is 2. The Morgan fingerprint density at radius 3 is 2.35 bits per heavy atom. The van der Waals surface area contributed by atoms with Crippen molar-refractivity contribution in [2.75, 3.05) is 0 Å². The van der Waals surface area contributed by atoms with E-state index in [0.717, 1.165) is 25.8 Å². The van der Waals surface area contributed by atoms with Crippen molar-refractivity contribution < 1.29 is 5.11 Å². The molecule has 2 aliphatic heterocycles. The summed E-state index contributed by atoms with van der Waals surface area (Å²) in [5, 5.41) is 11.6. The van der Waals surface area contributed by atoms with Gasteiger partial charge in [-0.05, 0) is 54.4 Å². The normalized spacial score (nSPS) is 30.7. The summed E-state index contributed by atoms with van der Waals surface area (Å²) in [7, 11) is 0. The van der Waals surface area contributed by atoms with Gasteiger partial charge in [0.1, 0.15) is 0 Å². The Balaban J connectivity index is 1.38. The average molecular weight is 345 g/mol. The van der Waals surface area contributed by atoms with Gasteiger partial charge in [0.15, 0.2) is 0 Å². The zero-order chi connectivity index (χ0) is 17.6. The largest absolute Gasteiger partial charge is 0.385 e. The Bertz CT molecular complexity index is 811. The van der Waals surface area contributed by atoms with Gasteiger partial charge in [-0.1, -0.05) is 67.1 Å². The lowest BCUT2D eigenvalue weighted by Crippen LogP contribution is -2.58. The lowest BCUT2D eigenvalue weighted by Gasteiger charge is -2.52. The van der Waals surface area contributed by atoms with Gasteiger partial charge in [0.05, 0.1) is 5.60 Å². The molecule has 2 aromatic carbocycles. The molecular formula is C24H27NO. The van der Waals surface area contributed by atoms with Crippen molar-refractivity contribution in [3.05, 3.63) is 76.9 Å². The number of benzene rings is 2. The molecule has 0 spiro atoms. The van der Waals surface area contributed by atoms with E-state index >= 15 is 0 Å². The lowest BCUT2D eigenvalue weighted by molar-refractivity contribution is -0.0754. The van der Waals surface area contributed by atoms with E-state index in [1.807, 2.05) is 0 Å². The van der Waals surface area contributed by atoms with E-state index in [1.54, 1.807) is 0 Å². The first-order chi connectivity index (χ1) is 12.7. The number of rotatable bonds is 3. The second-order valence-corrected chi connectivity index (χ2v) is 8.38. The summed E-state index contributed by atoms with van der Waals surface area (Å²) in [4.78, 5) is 2.68. The maximum atomic E-state index is 11.6. The molecule has 2 heteroatoms. The Morgan fingerprint density at radius 1 is 0.923 bits per heavy atom. The Kier molecular flexibility index (Phi) is 3.99. The van der Waals surface area contributed by atoms with Crippen molar-refractivity contribution in [3.63, 3.8) is 0 Å². The van der Waals surface area contributed by atoms with Crippen molar-refractivity contribution in [3.8, 4) is 0 Å². The van der Waals surface area contributed by atoms with Crippen LogP contribution in [0.5, 0.6) is 0 Å². The van der Waals surface area contributed by atoms with Gasteiger partial charge in [-0.3, -0.25) is 4.90 Å². The van der Waals surface area contributed by atoms with E-state index in [-0.39, 0.29) is 0 Å². The van der Waals surface area contributed by atoms with Crippen molar-refractivity contribution in [1.29, 1.82) is 0 Å². The van der Waals surface area contributed by atoms with Crippen LogP contribution in [0.15, 0.2) is 60.2 Å². The molecule has 134 valence electrons. The molecule has 0 radical (unpaired) electrons. The van der Waals surface area contributed by atoms with Gasteiger partial charge in [0.25, 0.3) is 0 Å². The van der Waals surface area contributed by atoms with E-state index in [2.05, 4.69) is 65.6 Å². The van der Waals surface area contributed by atoms with Gasteiger partial charge in [0.2, 0.25) is 0 Å². The lowest BCUT2D eigenvalue weighted by atomic mass is 9.71. The second-order valence-electron chi connectivity index (χ2n) is 8.38. The number of nitrogens with zero attached hydrogens (tertiary/aromatic N) is 1. The molecule has 1 aliphatic carbocycles. The molecular weight excluding hydrogens is 318 g/mol. The van der Waals surface area contributed by atoms with E-state index < -0.39 is 5.60 Å². The SMILES string of the molecule is OC1(C2=Cc3ccccc3C2)CC2CCCC(C1)N2Cc1ccccc1. The van der Waals surface area contributed by atoms with Crippen molar-refractivity contribution >= 4 is 6.08 Å². The van der Waals surface area contributed by atoms with Crippen LogP contribution in [0.1, 0.15) is 48.8 Å². The quantitative estimate of drug-likeness (QED) is 0.880. The van der Waals surface area contributed by atoms with Crippen LogP contribution in [0.2, 0.25) is 0 Å². The van der Waals surface area contributed by atoms with Crippen LogP contribution in [0, 0.1) is 0 Å². The molecule has 1 N–H and O–H groups in total. The first-order valence-corrected chi connectivity index (χ1v) is 10.0. The van der Waals surface area contributed by atoms with Gasteiger partial charge in [-0.2, -0.15) is 0 Å². The summed E-state index contributed by atoms with van der Waals surface area (Å²) in [6.45, 7) is 1.02. The van der Waals surface area contributed by atoms with Gasteiger partial charge < -0.3 is 5.11 Å². The minimum Gasteiger partial charge on any atom is -0.385 e. The van der Waals surface area contributed by atoms with E-state index in [9.17, 15) is 5.11 Å². The molecule has 2 heterocycles. The first-order valence-electron chi connectivity index (χ1n) is 10.0. The van der Waals surface area contributed by atoms with Crippen molar-refractivity contribution in [2.45, 2.75) is 62.8 Å². The summed E-state index contributed by atoms with van der Waals surface area (Å²) >= 11 is 0. The van der Waals surface area contributed by atoms with Crippen LogP contribution in [-0.4, -0.2) is 27.7 Å². The van der Waals surface area contributed by atoms with E-state index in [4.69, 9.17) is 0 Å². The van der Waals surface area contributed by atoms with Crippen LogP contribution in [0.4, 0.5) is 0 Å². The zero-order valence-corrected chi connectivity index (χ0v) is 15.3. The van der Waals surface area contributed by atoms with Crippen molar-refractivity contribution in [2.24, 2.45) is 0 Å². The average Bonchev–Trinajstić information content (AvgIpc) is 3.09. The number of fused-ring (bicyclic) bond motifs is 3. The van der Waals surface area contributed by atoms with Crippen molar-refractivity contribution in [1.82, 2.24) is 4.90 Å². The maximum Gasteiger partial charge on any atom is 0.0893 e. The van der Waals surface area contributed by atoms with Crippen LogP contribution in [0.25, 0.3) is 6.08 Å². The molecule has 2 fully saturated rings. The summed E-state index contributed by atoms with van der Waals surface area (Å²) in [6.07, 6.45) is 8.68. The fourth-order valence-corrected chi connectivity index (χ4v) is 5.41. The zero-order valence-electron chi connectivity index (χ0n) is 15.3. The molecule has 0 amide bonds. The Hall–Kier alpha value is -1.90. The van der Waals surface area contributed by atoms with Gasteiger partial charge in [-0.25, -0.2) is 0 Å². The number of aliphatic hydroxyl groups is 1. The highest BCUT2D eigenvalue weighted by atomic mass is 16.3. The first kappa shape index (κ1) is 16.3. The smallest absolute Gasteiger partial charge is 0.0893 e. The predicted octanol–water partition coefficient (Wildman–Crippen LogP) is 4.57. The van der Waals surface area contributed by atoms with Crippen LogP contribution < -0.4 is 0 Å². The highest BCUT2D eigenvalue weighted by Gasteiger charge is 2.47. The molecule has 0 saturated carbocycles. The molecule has 3 aliphatic rings. The summed E-state index contributed by atoms with van der Waals surface area (Å²) < 4.78 is 0. The topological polar surface area (TPSA) is 23.5 Å². The minimum absolute atomic E-state index is 0.498. The summed E-state index contributed by atoms with van der Waals surface area (Å²) in [5.74, 6) is 0. The molecule has 2 aromatic rings. The van der Waals surface area contributed by atoms with Crippen LogP contribution in [-0.2, 0) is 13.0 Å². The molecule has 2 nitrogen and oxygen atoms in total. The van der Waals surface area contributed by atoms with Crippen LogP contribution in [0.3, 0.4) is 0 Å². The number of hydrogen-bond donors (Lipinski definition) is 1. The molecule has 2 bridgehead atoms. The highest BCUT2D eigenvalue weighted by Crippen LogP contribution is 2.45. The van der Waals surface area contributed by atoms with E-state index in [1.165, 1.54) is 41.5 Å². The highest BCUT2D eigenvalue weighted by molar-refractivity contribution is 5.65. The van der Waals surface area contributed by atoms with Gasteiger partial charge >= 0.3 is 0 Å². The molecule has 0 aromatic heterocycles. The Labute approximate surface area is 156 Å². The molecule has 2 saturated heterocycles. The third-order valence-electron chi connectivity index (χ3n) is 6.73. The standard InChI is InChI=1S/C24H27NO/c26-24(21-13-19-9-4-5-10-20(19)14-21)15-22-11-6-12-23(16-24)25(22)17-18-7-2-1-3-8-18/h1-5,7-10,13,22-23,26H,6,11-12,14-17H2. The maximum absolute atomic E-state index is 11.6. The fraction of sp³-hybridized carbons (Fsp3) is 0.417. The van der Waals surface area contributed by atoms with Gasteiger partial charge in [-0.15, -0.1) is 0 Å². The summed E-state index contributed by atoms with van der Waals surface area (Å²) in [5.41, 5.74) is 4.68. The minimum atomic E-state index is -0.623. The Morgan fingerprint density at radius 2 is 1.62 bits per heavy atom. The third-order valence-corrected chi connectivity index (χ3v) is 6.73. The third kappa shape index (κ3) is 2.82. The predicted molar refractivity (Wildman–Crippen MR) is 106 cm³/mol. The molecule has 2 atom stereocenters. The molecule has 26 heavy (non-hydrogen) atoms. The fourth-order valence-electron chi connectivity index (χ4n) is 5.41. The van der Waals surface area contributed by atoms with Gasteiger partial charge in [0, 0.05) is 18.6 Å². The van der Waals surface area contributed by atoms with E-state index in [0.29, 0.717) is 12.1 Å². The molecule has 2 unspecified atom stereocenters. The number of piperidine rings is 2. The molecule has 5 rings (SSSR count).